The van der Waals surface area contributed by atoms with E-state index >= 15 is 0 Å². The Bertz CT molecular complexity index is 598. The normalized spacial score (nSPS) is 13.2. The van der Waals surface area contributed by atoms with Crippen LogP contribution in [0.2, 0.25) is 0 Å². The Hall–Kier alpha value is -1.55. The number of aryl methyl sites for hydroxylation is 1. The third-order valence-corrected chi connectivity index (χ3v) is 3.31. The van der Waals surface area contributed by atoms with Crippen LogP contribution in [0.3, 0.4) is 0 Å². The van der Waals surface area contributed by atoms with Crippen molar-refractivity contribution in [2.75, 3.05) is 6.61 Å². The summed E-state index contributed by atoms with van der Waals surface area (Å²) in [5, 5.41) is 0. The zero-order chi connectivity index (χ0) is 12.5. The van der Waals surface area contributed by atoms with Crippen LogP contribution in [-0.4, -0.2) is 16.6 Å². The van der Waals surface area contributed by atoms with E-state index in [0.29, 0.717) is 5.75 Å². The molecule has 0 fully saturated rings. The molecule has 0 unspecified atom stereocenters. The Balaban J connectivity index is 2.06. The second kappa shape index (κ2) is 4.61. The molecule has 2 heterocycles. The average molecular weight is 258 g/mol. The zero-order valence-electron chi connectivity index (χ0n) is 10.2. The molecule has 3 rings (SSSR count). The molecule has 0 bridgehead atoms. The average Bonchev–Trinajstić information content (AvgIpc) is 2.85. The van der Waals surface area contributed by atoms with E-state index in [2.05, 4.69) is 28.7 Å². The molecule has 1 aromatic heterocycles. The van der Waals surface area contributed by atoms with Gasteiger partial charge in [-0.05, 0) is 36.8 Å². The van der Waals surface area contributed by atoms with Gasteiger partial charge < -0.3 is 4.74 Å². The minimum Gasteiger partial charge on any atom is -0.493 e. The van der Waals surface area contributed by atoms with Crippen LogP contribution in [0, 0.1) is 6.92 Å². The molecule has 0 atom stereocenters. The first-order valence-corrected chi connectivity index (χ1v) is 6.61. The predicted octanol–water partition coefficient (Wildman–Crippen LogP) is 2.82. The molecule has 2 aromatic rings. The molecule has 0 aliphatic carbocycles. The highest BCUT2D eigenvalue weighted by molar-refractivity contribution is 7.79. The van der Waals surface area contributed by atoms with Crippen LogP contribution in [-0.2, 0) is 12.2 Å². The van der Waals surface area contributed by atoms with E-state index in [9.17, 15) is 0 Å². The fraction of sp³-hybridized carbons (Fsp3) is 0.286. The summed E-state index contributed by atoms with van der Waals surface area (Å²) in [5.74, 6) is 2.33. The van der Waals surface area contributed by atoms with E-state index in [1.165, 1.54) is 5.56 Å². The van der Waals surface area contributed by atoms with Crippen molar-refractivity contribution in [3.63, 3.8) is 0 Å². The van der Waals surface area contributed by atoms with Gasteiger partial charge in [0.25, 0.3) is 0 Å². The molecule has 0 radical (unpaired) electrons. The van der Waals surface area contributed by atoms with Gasteiger partial charge in [-0.1, -0.05) is 0 Å². The summed E-state index contributed by atoms with van der Waals surface area (Å²) in [6.45, 7) is 2.76. The quantitative estimate of drug-likeness (QED) is 0.841. The molecular weight excluding hydrogens is 244 g/mol. The topological polar surface area (TPSA) is 35.0 Å². The largest absolute Gasteiger partial charge is 0.493 e. The van der Waals surface area contributed by atoms with Gasteiger partial charge in [0, 0.05) is 17.7 Å². The zero-order valence-corrected chi connectivity index (χ0v) is 11.1. The number of benzene rings is 1. The number of ether oxygens (including phenoxy) is 1. The van der Waals surface area contributed by atoms with Crippen molar-refractivity contribution < 1.29 is 4.74 Å². The third-order valence-electron chi connectivity index (χ3n) is 3.03. The van der Waals surface area contributed by atoms with Gasteiger partial charge >= 0.3 is 0 Å². The van der Waals surface area contributed by atoms with Crippen LogP contribution >= 0.6 is 12.6 Å². The maximum Gasteiger partial charge on any atom is 0.138 e. The van der Waals surface area contributed by atoms with E-state index in [0.717, 1.165) is 41.6 Å². The highest BCUT2D eigenvalue weighted by atomic mass is 32.1. The molecule has 92 valence electrons. The first-order chi connectivity index (χ1) is 8.76. The molecular formula is C14H14N2OS. The van der Waals surface area contributed by atoms with Gasteiger partial charge in [-0.2, -0.15) is 12.6 Å². The van der Waals surface area contributed by atoms with Crippen molar-refractivity contribution in [2.24, 2.45) is 0 Å². The SMILES string of the molecule is Cc1cc(-c2ccc3c(c2)CCO3)nc(CS)n1. The summed E-state index contributed by atoms with van der Waals surface area (Å²) in [6.07, 6.45) is 0.979. The monoisotopic (exact) mass is 258 g/mol. The van der Waals surface area contributed by atoms with Crippen LogP contribution in [0.25, 0.3) is 11.3 Å². The Morgan fingerprint density at radius 2 is 2.17 bits per heavy atom. The van der Waals surface area contributed by atoms with Crippen LogP contribution in [0.5, 0.6) is 5.75 Å². The lowest BCUT2D eigenvalue weighted by atomic mass is 10.1. The van der Waals surface area contributed by atoms with Crippen molar-refractivity contribution in [2.45, 2.75) is 19.1 Å². The van der Waals surface area contributed by atoms with Crippen molar-refractivity contribution >= 4 is 12.6 Å². The predicted molar refractivity (Wildman–Crippen MR) is 74.1 cm³/mol. The second-order valence-corrected chi connectivity index (χ2v) is 4.71. The molecule has 1 aromatic carbocycles. The maximum atomic E-state index is 5.51. The molecule has 0 spiro atoms. The summed E-state index contributed by atoms with van der Waals surface area (Å²) in [6, 6.07) is 8.24. The smallest absolute Gasteiger partial charge is 0.138 e. The number of fused-ring (bicyclic) bond motifs is 1. The summed E-state index contributed by atoms with van der Waals surface area (Å²) in [4.78, 5) is 8.86. The molecule has 0 amide bonds. The van der Waals surface area contributed by atoms with Crippen LogP contribution in [0.15, 0.2) is 24.3 Å². The standard InChI is InChI=1S/C14H14N2OS/c1-9-6-12(16-14(8-18)15-9)10-2-3-13-11(7-10)4-5-17-13/h2-3,6-7,18H,4-5,8H2,1H3. The first kappa shape index (κ1) is 11.5. The van der Waals surface area contributed by atoms with Crippen molar-refractivity contribution in [1.82, 2.24) is 9.97 Å². The Morgan fingerprint density at radius 1 is 1.28 bits per heavy atom. The summed E-state index contributed by atoms with van der Waals surface area (Å²) < 4.78 is 5.51. The minimum atomic E-state index is 0.558. The first-order valence-electron chi connectivity index (χ1n) is 5.98. The Morgan fingerprint density at radius 3 is 3.00 bits per heavy atom. The molecule has 1 aliphatic rings. The second-order valence-electron chi connectivity index (χ2n) is 4.39. The van der Waals surface area contributed by atoms with Gasteiger partial charge in [0.2, 0.25) is 0 Å². The van der Waals surface area contributed by atoms with Gasteiger partial charge in [-0.15, -0.1) is 0 Å². The summed E-state index contributed by atoms with van der Waals surface area (Å²) in [7, 11) is 0. The highest BCUT2D eigenvalue weighted by Crippen LogP contribution is 2.29. The van der Waals surface area contributed by atoms with Gasteiger partial charge in [0.1, 0.15) is 11.6 Å². The fourth-order valence-corrected chi connectivity index (χ4v) is 2.34. The van der Waals surface area contributed by atoms with Crippen molar-refractivity contribution in [1.29, 1.82) is 0 Å². The van der Waals surface area contributed by atoms with Gasteiger partial charge in [-0.3, -0.25) is 0 Å². The molecule has 18 heavy (non-hydrogen) atoms. The van der Waals surface area contributed by atoms with E-state index < -0.39 is 0 Å². The molecule has 0 saturated carbocycles. The van der Waals surface area contributed by atoms with Gasteiger partial charge in [0.15, 0.2) is 0 Å². The number of hydrogen-bond acceptors (Lipinski definition) is 4. The molecule has 0 saturated heterocycles. The Labute approximate surface area is 112 Å². The van der Waals surface area contributed by atoms with Crippen LogP contribution in [0.1, 0.15) is 17.1 Å². The molecule has 1 aliphatic heterocycles. The molecule has 4 heteroatoms. The highest BCUT2D eigenvalue weighted by Gasteiger charge is 2.13. The van der Waals surface area contributed by atoms with E-state index in [4.69, 9.17) is 4.74 Å². The lowest BCUT2D eigenvalue weighted by molar-refractivity contribution is 0.357. The summed E-state index contributed by atoms with van der Waals surface area (Å²) >= 11 is 4.24. The maximum absolute atomic E-state index is 5.51. The number of nitrogens with zero attached hydrogens (tertiary/aromatic N) is 2. The number of rotatable bonds is 2. The fourth-order valence-electron chi connectivity index (χ4n) is 2.19. The summed E-state index contributed by atoms with van der Waals surface area (Å²) in [5.41, 5.74) is 4.31. The number of aromatic nitrogens is 2. The third kappa shape index (κ3) is 2.08. The number of hydrogen-bond donors (Lipinski definition) is 1. The Kier molecular flexibility index (Phi) is 2.96. The molecule has 3 nitrogen and oxygen atoms in total. The van der Waals surface area contributed by atoms with Crippen molar-refractivity contribution in [3.05, 3.63) is 41.3 Å². The van der Waals surface area contributed by atoms with E-state index in [1.54, 1.807) is 0 Å². The van der Waals surface area contributed by atoms with E-state index in [1.807, 2.05) is 25.1 Å². The van der Waals surface area contributed by atoms with Crippen LogP contribution in [0.4, 0.5) is 0 Å². The lowest BCUT2D eigenvalue weighted by Crippen LogP contribution is -1.96. The van der Waals surface area contributed by atoms with Crippen molar-refractivity contribution in [3.8, 4) is 17.0 Å². The van der Waals surface area contributed by atoms with Crippen LogP contribution < -0.4 is 4.74 Å². The van der Waals surface area contributed by atoms with Gasteiger partial charge in [-0.25, -0.2) is 9.97 Å². The van der Waals surface area contributed by atoms with Gasteiger partial charge in [0.05, 0.1) is 18.1 Å². The minimum absolute atomic E-state index is 0.558. The lowest BCUT2D eigenvalue weighted by Gasteiger charge is -2.06. The van der Waals surface area contributed by atoms with E-state index in [-0.39, 0.29) is 0 Å². The molecule has 0 N–H and O–H groups in total. The number of thiol groups is 1.